The minimum atomic E-state index is -4.34. The van der Waals surface area contributed by atoms with Crippen molar-refractivity contribution < 1.29 is 27.1 Å². The lowest BCUT2D eigenvalue weighted by Crippen LogP contribution is -2.34. The van der Waals surface area contributed by atoms with Gasteiger partial charge in [-0.05, 0) is 0 Å². The van der Waals surface area contributed by atoms with E-state index in [9.17, 15) is 22.4 Å². The number of halogens is 4. The van der Waals surface area contributed by atoms with Crippen molar-refractivity contribution >= 4 is 6.09 Å². The Morgan fingerprint density at radius 1 is 1.53 bits per heavy atom. The van der Waals surface area contributed by atoms with Gasteiger partial charge in [0.1, 0.15) is 6.33 Å². The molecule has 0 N–H and O–H groups in total. The minimum Gasteiger partial charge on any atom is -0.442 e. The predicted molar refractivity (Wildman–Crippen MR) is 39.9 cm³/mol. The molecule has 0 radical (unpaired) electrons. The fraction of sp³-hybridized carbons (Fsp3) is 0.429. The molecule has 0 aliphatic carbocycles. The van der Waals surface area contributed by atoms with Crippen molar-refractivity contribution in [1.29, 1.82) is 0 Å². The summed E-state index contributed by atoms with van der Waals surface area (Å²) in [6.07, 6.45) is -1.70. The summed E-state index contributed by atoms with van der Waals surface area (Å²) in [5.74, 6) is -4.34. The normalized spacial score (nSPS) is 11.8. The second kappa shape index (κ2) is 4.28. The number of ether oxygens (including phenoxy) is 1. The first-order chi connectivity index (χ1) is 6.93. The first kappa shape index (κ1) is 11.5. The molecule has 0 aromatic carbocycles. The fourth-order valence-electron chi connectivity index (χ4n) is 0.663. The standard InChI is InChI=1S/C7H6F4N2O2/c8-5(9)7(10,11)3-15-6(14)13-2-1-12-4-13/h1-2,4-5H,3H2. The Morgan fingerprint density at radius 2 is 2.20 bits per heavy atom. The molecule has 1 aromatic rings. The van der Waals surface area contributed by atoms with Crippen molar-refractivity contribution in [2.24, 2.45) is 0 Å². The second-order valence-corrected chi connectivity index (χ2v) is 2.59. The fourth-order valence-corrected chi connectivity index (χ4v) is 0.663. The van der Waals surface area contributed by atoms with Crippen LogP contribution in [-0.2, 0) is 4.74 Å². The van der Waals surface area contributed by atoms with E-state index < -0.39 is 25.0 Å². The van der Waals surface area contributed by atoms with Gasteiger partial charge in [0.15, 0.2) is 6.61 Å². The summed E-state index contributed by atoms with van der Waals surface area (Å²) in [4.78, 5) is 14.3. The molecule has 0 spiro atoms. The molecule has 84 valence electrons. The quantitative estimate of drug-likeness (QED) is 0.737. The third-order valence-electron chi connectivity index (χ3n) is 1.42. The predicted octanol–water partition coefficient (Wildman–Crippen LogP) is 1.77. The van der Waals surface area contributed by atoms with E-state index in [0.29, 0.717) is 0 Å². The number of nitrogens with zero attached hydrogens (tertiary/aromatic N) is 2. The van der Waals surface area contributed by atoms with Crippen LogP contribution in [0.15, 0.2) is 18.7 Å². The molecule has 8 heteroatoms. The van der Waals surface area contributed by atoms with E-state index in [1.807, 2.05) is 0 Å². The molecular weight excluding hydrogens is 220 g/mol. The molecule has 1 heterocycles. The van der Waals surface area contributed by atoms with Crippen molar-refractivity contribution in [2.45, 2.75) is 12.3 Å². The molecular formula is C7H6F4N2O2. The Morgan fingerprint density at radius 3 is 2.67 bits per heavy atom. The number of carbonyl (C=O) groups is 1. The Kier molecular flexibility index (Phi) is 3.28. The van der Waals surface area contributed by atoms with Gasteiger partial charge in [-0.1, -0.05) is 0 Å². The van der Waals surface area contributed by atoms with E-state index in [1.165, 1.54) is 6.20 Å². The van der Waals surface area contributed by atoms with Gasteiger partial charge in [-0.15, -0.1) is 0 Å². The molecule has 0 saturated heterocycles. The van der Waals surface area contributed by atoms with Crippen LogP contribution in [0.5, 0.6) is 0 Å². The molecule has 0 bridgehead atoms. The van der Waals surface area contributed by atoms with Gasteiger partial charge in [0.25, 0.3) is 0 Å². The Balaban J connectivity index is 2.48. The van der Waals surface area contributed by atoms with Crippen LogP contribution in [0, 0.1) is 0 Å². The molecule has 0 atom stereocenters. The van der Waals surface area contributed by atoms with Crippen LogP contribution in [0.4, 0.5) is 22.4 Å². The van der Waals surface area contributed by atoms with Crippen molar-refractivity contribution in [1.82, 2.24) is 9.55 Å². The van der Waals surface area contributed by atoms with E-state index >= 15 is 0 Å². The first-order valence-corrected chi connectivity index (χ1v) is 3.74. The number of carbonyl (C=O) groups excluding carboxylic acids is 1. The van der Waals surface area contributed by atoms with Gasteiger partial charge in [0.05, 0.1) is 0 Å². The van der Waals surface area contributed by atoms with E-state index in [4.69, 9.17) is 0 Å². The van der Waals surface area contributed by atoms with Crippen LogP contribution in [0.3, 0.4) is 0 Å². The molecule has 0 saturated carbocycles. The van der Waals surface area contributed by atoms with Gasteiger partial charge in [-0.25, -0.2) is 23.1 Å². The summed E-state index contributed by atoms with van der Waals surface area (Å²) in [7, 11) is 0. The highest BCUT2D eigenvalue weighted by Gasteiger charge is 2.42. The number of hydrogen-bond donors (Lipinski definition) is 0. The first-order valence-electron chi connectivity index (χ1n) is 3.74. The molecule has 4 nitrogen and oxygen atoms in total. The van der Waals surface area contributed by atoms with Crippen molar-refractivity contribution in [3.8, 4) is 0 Å². The number of aromatic nitrogens is 2. The lowest BCUT2D eigenvalue weighted by atomic mass is 10.4. The summed E-state index contributed by atoms with van der Waals surface area (Å²) in [5, 5.41) is 0. The van der Waals surface area contributed by atoms with Gasteiger partial charge in [-0.2, -0.15) is 8.78 Å². The monoisotopic (exact) mass is 226 g/mol. The maximum absolute atomic E-state index is 12.3. The van der Waals surface area contributed by atoms with Gasteiger partial charge in [-0.3, -0.25) is 0 Å². The SMILES string of the molecule is O=C(OCC(F)(F)C(F)F)n1ccnc1. The Bertz CT molecular complexity index is 326. The highest BCUT2D eigenvalue weighted by atomic mass is 19.3. The number of alkyl halides is 4. The van der Waals surface area contributed by atoms with Crippen LogP contribution >= 0.6 is 0 Å². The maximum atomic E-state index is 12.3. The lowest BCUT2D eigenvalue weighted by Gasteiger charge is -2.14. The van der Waals surface area contributed by atoms with E-state index in [0.717, 1.165) is 17.1 Å². The van der Waals surface area contributed by atoms with Crippen LogP contribution in [-0.4, -0.2) is 34.6 Å². The van der Waals surface area contributed by atoms with Gasteiger partial charge < -0.3 is 4.74 Å². The minimum absolute atomic E-state index is 0.752. The van der Waals surface area contributed by atoms with Crippen LogP contribution < -0.4 is 0 Å². The van der Waals surface area contributed by atoms with Crippen molar-refractivity contribution in [2.75, 3.05) is 6.61 Å². The summed E-state index contributed by atoms with van der Waals surface area (Å²) in [6.45, 7) is -1.66. The molecule has 0 aliphatic rings. The molecule has 1 rings (SSSR count). The number of rotatable bonds is 3. The third-order valence-corrected chi connectivity index (χ3v) is 1.42. The third kappa shape index (κ3) is 2.93. The second-order valence-electron chi connectivity index (χ2n) is 2.59. The average Bonchev–Trinajstić information content (AvgIpc) is 2.66. The highest BCUT2D eigenvalue weighted by molar-refractivity contribution is 5.69. The number of hydrogen-bond acceptors (Lipinski definition) is 3. The maximum Gasteiger partial charge on any atom is 0.419 e. The zero-order valence-electron chi connectivity index (χ0n) is 7.24. The van der Waals surface area contributed by atoms with Crippen LogP contribution in [0.2, 0.25) is 0 Å². The Hall–Kier alpha value is -1.60. The zero-order valence-corrected chi connectivity index (χ0v) is 7.24. The molecule has 0 unspecified atom stereocenters. The van der Waals surface area contributed by atoms with Crippen LogP contribution in [0.25, 0.3) is 0 Å². The summed E-state index contributed by atoms with van der Waals surface area (Å²) in [6, 6.07) is 0. The summed E-state index contributed by atoms with van der Waals surface area (Å²) < 4.78 is 52.6. The van der Waals surface area contributed by atoms with Gasteiger partial charge >= 0.3 is 18.4 Å². The molecule has 0 amide bonds. The van der Waals surface area contributed by atoms with Gasteiger partial charge in [0.2, 0.25) is 0 Å². The topological polar surface area (TPSA) is 44.1 Å². The zero-order chi connectivity index (χ0) is 11.5. The molecule has 0 aliphatic heterocycles. The highest BCUT2D eigenvalue weighted by Crippen LogP contribution is 2.22. The smallest absolute Gasteiger partial charge is 0.419 e. The summed E-state index contributed by atoms with van der Waals surface area (Å²) in [5.41, 5.74) is 0. The Labute approximate surface area is 81.5 Å². The lowest BCUT2D eigenvalue weighted by molar-refractivity contribution is -0.153. The molecule has 1 aromatic heterocycles. The van der Waals surface area contributed by atoms with E-state index in [2.05, 4.69) is 9.72 Å². The largest absolute Gasteiger partial charge is 0.442 e. The molecule has 0 fully saturated rings. The van der Waals surface area contributed by atoms with Crippen molar-refractivity contribution in [3.63, 3.8) is 0 Å². The van der Waals surface area contributed by atoms with Crippen LogP contribution in [0.1, 0.15) is 0 Å². The molecule has 15 heavy (non-hydrogen) atoms. The number of imidazole rings is 1. The van der Waals surface area contributed by atoms with Gasteiger partial charge in [0, 0.05) is 12.4 Å². The summed E-state index contributed by atoms with van der Waals surface area (Å²) >= 11 is 0. The van der Waals surface area contributed by atoms with E-state index in [-0.39, 0.29) is 0 Å². The van der Waals surface area contributed by atoms with E-state index in [1.54, 1.807) is 0 Å². The van der Waals surface area contributed by atoms with Crippen molar-refractivity contribution in [3.05, 3.63) is 18.7 Å². The average molecular weight is 226 g/mol.